The van der Waals surface area contributed by atoms with Gasteiger partial charge in [-0.2, -0.15) is 5.10 Å². The van der Waals surface area contributed by atoms with Crippen LogP contribution in [0.25, 0.3) is 0 Å². The monoisotopic (exact) mass is 319 g/mol. The number of anilines is 1. The van der Waals surface area contributed by atoms with E-state index in [9.17, 15) is 13.2 Å². The summed E-state index contributed by atoms with van der Waals surface area (Å²) in [6, 6.07) is 0. The van der Waals surface area contributed by atoms with Gasteiger partial charge in [-0.3, -0.25) is 5.10 Å². The molecule has 9 nitrogen and oxygen atoms in total. The molecule has 1 rings (SSSR count). The summed E-state index contributed by atoms with van der Waals surface area (Å²) in [5, 5.41) is 8.43. The first-order chi connectivity index (χ1) is 9.62. The van der Waals surface area contributed by atoms with E-state index in [2.05, 4.69) is 20.2 Å². The Morgan fingerprint density at radius 3 is 2.62 bits per heavy atom. The Hall–Kier alpha value is -1.81. The van der Waals surface area contributed by atoms with Gasteiger partial charge in [0, 0.05) is 13.1 Å². The molecule has 0 atom stereocenters. The van der Waals surface area contributed by atoms with Crippen LogP contribution in [-0.2, 0) is 14.8 Å². The number of nitrogens with one attached hydrogen (secondary N) is 3. The van der Waals surface area contributed by atoms with Crippen molar-refractivity contribution in [3.05, 3.63) is 6.20 Å². The van der Waals surface area contributed by atoms with E-state index in [0.29, 0.717) is 6.42 Å². The third-order valence-corrected chi connectivity index (χ3v) is 3.72. The number of sulfonamides is 1. The first kappa shape index (κ1) is 17.2. The quantitative estimate of drug-likeness (QED) is 0.552. The van der Waals surface area contributed by atoms with Crippen LogP contribution in [0.5, 0.6) is 0 Å². The molecular weight excluding hydrogens is 298 g/mol. The zero-order valence-corrected chi connectivity index (χ0v) is 13.1. The average Bonchev–Trinajstić information content (AvgIpc) is 2.73. The lowest BCUT2D eigenvalue weighted by molar-refractivity contribution is 0.0527. The van der Waals surface area contributed by atoms with Crippen LogP contribution in [0.4, 0.5) is 10.6 Å². The molecule has 0 bridgehead atoms. The lowest BCUT2D eigenvalue weighted by atomic mass is 10.2. The highest BCUT2D eigenvalue weighted by Gasteiger charge is 2.19. The van der Waals surface area contributed by atoms with Gasteiger partial charge < -0.3 is 15.8 Å². The number of carbonyl (C=O) groups is 1. The molecule has 21 heavy (non-hydrogen) atoms. The molecular formula is C11H21N5O4S. The third-order valence-electron chi connectivity index (χ3n) is 2.24. The summed E-state index contributed by atoms with van der Waals surface area (Å²) in [5.74, 6) is -0.0191. The summed E-state index contributed by atoms with van der Waals surface area (Å²) in [4.78, 5) is 11.3. The van der Waals surface area contributed by atoms with Crippen LogP contribution in [-0.4, -0.2) is 43.4 Å². The molecule has 0 unspecified atom stereocenters. The van der Waals surface area contributed by atoms with Gasteiger partial charge >= 0.3 is 6.09 Å². The van der Waals surface area contributed by atoms with Gasteiger partial charge in [-0.05, 0) is 27.2 Å². The normalized spacial score (nSPS) is 12.1. The first-order valence-electron chi connectivity index (χ1n) is 6.37. The minimum Gasteiger partial charge on any atom is -0.444 e. The van der Waals surface area contributed by atoms with Crippen LogP contribution in [0, 0.1) is 0 Å². The molecule has 0 saturated carbocycles. The summed E-state index contributed by atoms with van der Waals surface area (Å²) in [5.41, 5.74) is 4.88. The largest absolute Gasteiger partial charge is 0.444 e. The smallest absolute Gasteiger partial charge is 0.407 e. The van der Waals surface area contributed by atoms with Crippen LogP contribution >= 0.6 is 0 Å². The zero-order valence-electron chi connectivity index (χ0n) is 12.3. The SMILES string of the molecule is CC(C)(C)OC(=O)NCCCNS(=O)(=O)c1cn[nH]c1N. The van der Waals surface area contributed by atoms with E-state index in [-0.39, 0.29) is 23.8 Å². The Kier molecular flexibility index (Phi) is 5.55. The molecule has 10 heteroatoms. The van der Waals surface area contributed by atoms with Gasteiger partial charge in [0.25, 0.3) is 0 Å². The van der Waals surface area contributed by atoms with Crippen LogP contribution in [0.1, 0.15) is 27.2 Å². The second kappa shape index (κ2) is 6.76. The molecule has 120 valence electrons. The van der Waals surface area contributed by atoms with Gasteiger partial charge in [0.1, 0.15) is 16.3 Å². The molecule has 0 aliphatic carbocycles. The van der Waals surface area contributed by atoms with Gasteiger partial charge in [-0.25, -0.2) is 17.9 Å². The summed E-state index contributed by atoms with van der Waals surface area (Å²) in [7, 11) is -3.69. The number of hydrogen-bond acceptors (Lipinski definition) is 6. The highest BCUT2D eigenvalue weighted by Crippen LogP contribution is 2.13. The van der Waals surface area contributed by atoms with Gasteiger partial charge in [0.05, 0.1) is 6.20 Å². The number of carbonyl (C=O) groups excluding carboxylic acids is 1. The van der Waals surface area contributed by atoms with E-state index < -0.39 is 21.7 Å². The van der Waals surface area contributed by atoms with Crippen molar-refractivity contribution in [1.29, 1.82) is 0 Å². The Morgan fingerprint density at radius 2 is 2.10 bits per heavy atom. The number of aromatic amines is 1. The molecule has 0 spiro atoms. The molecule has 0 aromatic carbocycles. The molecule has 1 aromatic heterocycles. The Labute approximate surface area is 123 Å². The maximum atomic E-state index is 11.8. The van der Waals surface area contributed by atoms with Crippen molar-refractivity contribution in [2.45, 2.75) is 37.7 Å². The number of hydrogen-bond donors (Lipinski definition) is 4. The second-order valence-electron chi connectivity index (χ2n) is 5.33. The Morgan fingerprint density at radius 1 is 1.43 bits per heavy atom. The lowest BCUT2D eigenvalue weighted by Crippen LogP contribution is -2.34. The van der Waals surface area contributed by atoms with E-state index in [1.54, 1.807) is 20.8 Å². The zero-order chi connectivity index (χ0) is 16.1. The van der Waals surface area contributed by atoms with Crippen molar-refractivity contribution < 1.29 is 17.9 Å². The van der Waals surface area contributed by atoms with Crippen molar-refractivity contribution in [2.24, 2.45) is 0 Å². The number of nitrogens with two attached hydrogens (primary N) is 1. The molecule has 5 N–H and O–H groups in total. The van der Waals surface area contributed by atoms with Crippen molar-refractivity contribution in [3.8, 4) is 0 Å². The van der Waals surface area contributed by atoms with E-state index in [4.69, 9.17) is 10.5 Å². The minimum atomic E-state index is -3.69. The molecule has 0 saturated heterocycles. The maximum Gasteiger partial charge on any atom is 0.407 e. The summed E-state index contributed by atoms with van der Waals surface area (Å²) >= 11 is 0. The molecule has 1 amide bonds. The minimum absolute atomic E-state index is 0.0191. The van der Waals surface area contributed by atoms with Crippen molar-refractivity contribution in [3.63, 3.8) is 0 Å². The summed E-state index contributed by atoms with van der Waals surface area (Å²) in [6.07, 6.45) is 1.01. The highest BCUT2D eigenvalue weighted by atomic mass is 32.2. The van der Waals surface area contributed by atoms with Crippen LogP contribution in [0.15, 0.2) is 11.1 Å². The molecule has 0 radical (unpaired) electrons. The number of ether oxygens (including phenoxy) is 1. The standard InChI is InChI=1S/C11H21N5O4S/c1-11(2,3)20-10(17)13-5-4-6-15-21(18,19)8-7-14-16-9(8)12/h7,15H,4-6H2,1-3H3,(H,13,17)(H3,12,14,16). The van der Waals surface area contributed by atoms with E-state index >= 15 is 0 Å². The fourth-order valence-corrected chi connectivity index (χ4v) is 2.47. The summed E-state index contributed by atoms with van der Waals surface area (Å²) < 4.78 is 31.1. The number of rotatable bonds is 6. The number of alkyl carbamates (subject to hydrolysis) is 1. The first-order valence-corrected chi connectivity index (χ1v) is 7.85. The van der Waals surface area contributed by atoms with E-state index in [0.717, 1.165) is 6.20 Å². The average molecular weight is 319 g/mol. The lowest BCUT2D eigenvalue weighted by Gasteiger charge is -2.19. The fraction of sp³-hybridized carbons (Fsp3) is 0.636. The van der Waals surface area contributed by atoms with Crippen molar-refractivity contribution >= 4 is 21.9 Å². The third kappa shape index (κ3) is 6.00. The van der Waals surface area contributed by atoms with E-state index in [1.165, 1.54) is 0 Å². The number of H-pyrrole nitrogens is 1. The summed E-state index contributed by atoms with van der Waals surface area (Å²) in [6.45, 7) is 5.73. The van der Waals surface area contributed by atoms with E-state index in [1.807, 2.05) is 0 Å². The number of amides is 1. The van der Waals surface area contributed by atoms with Crippen LogP contribution in [0.2, 0.25) is 0 Å². The molecule has 0 aliphatic rings. The number of nitrogen functional groups attached to an aromatic ring is 1. The molecule has 0 fully saturated rings. The van der Waals surface area contributed by atoms with Gasteiger partial charge in [0.15, 0.2) is 0 Å². The number of aromatic nitrogens is 2. The number of nitrogens with zero attached hydrogens (tertiary/aromatic N) is 1. The van der Waals surface area contributed by atoms with Crippen LogP contribution in [0.3, 0.4) is 0 Å². The van der Waals surface area contributed by atoms with Crippen LogP contribution < -0.4 is 15.8 Å². The Balaban J connectivity index is 2.29. The molecule has 1 heterocycles. The predicted molar refractivity (Wildman–Crippen MR) is 77.0 cm³/mol. The van der Waals surface area contributed by atoms with Gasteiger partial charge in [-0.15, -0.1) is 0 Å². The fourth-order valence-electron chi connectivity index (χ4n) is 1.38. The van der Waals surface area contributed by atoms with Crippen molar-refractivity contribution in [1.82, 2.24) is 20.2 Å². The second-order valence-corrected chi connectivity index (χ2v) is 7.06. The molecule has 1 aromatic rings. The Bertz CT molecular complexity index is 576. The highest BCUT2D eigenvalue weighted by molar-refractivity contribution is 7.89. The maximum absolute atomic E-state index is 11.8. The predicted octanol–water partition coefficient (Wildman–Crippen LogP) is 0.185. The topological polar surface area (TPSA) is 139 Å². The molecule has 0 aliphatic heterocycles. The van der Waals surface area contributed by atoms with Gasteiger partial charge in [-0.1, -0.05) is 0 Å². The van der Waals surface area contributed by atoms with Crippen molar-refractivity contribution in [2.75, 3.05) is 18.8 Å². The van der Waals surface area contributed by atoms with Gasteiger partial charge in [0.2, 0.25) is 10.0 Å².